The summed E-state index contributed by atoms with van der Waals surface area (Å²) in [5.74, 6) is 0.362. The van der Waals surface area contributed by atoms with Crippen LogP contribution < -0.4 is 10.6 Å². The Morgan fingerprint density at radius 1 is 1.28 bits per heavy atom. The third-order valence-electron chi connectivity index (χ3n) is 5.08. The van der Waals surface area contributed by atoms with Crippen LogP contribution in [0.25, 0.3) is 11.5 Å². The maximum atomic E-state index is 12.8. The number of aromatic nitrogens is 2. The first-order valence-corrected chi connectivity index (χ1v) is 10.5. The van der Waals surface area contributed by atoms with Crippen molar-refractivity contribution in [2.45, 2.75) is 71.9 Å². The van der Waals surface area contributed by atoms with Gasteiger partial charge in [-0.3, -0.25) is 4.90 Å². The van der Waals surface area contributed by atoms with Crippen molar-refractivity contribution in [3.63, 3.8) is 0 Å². The standard InChI is InChI=1S/C22H31N5O5/c1-13-8-9-15(18-26-24-12-30-18)10-16(13)25-19(28)23-11-17-14(2)31-22(6,7)27(17)20(29)32-21(3,4)5/h8-10,12,14,17H,11H2,1-7H3,(H2,23,25,28)/t14-,17-/m1/s1. The molecule has 10 heteroatoms. The molecule has 2 heterocycles. The van der Waals surface area contributed by atoms with Gasteiger partial charge in [0.1, 0.15) is 11.3 Å². The molecule has 1 aromatic heterocycles. The quantitative estimate of drug-likeness (QED) is 0.732. The lowest BCUT2D eigenvalue weighted by molar-refractivity contribution is -0.0756. The molecule has 1 aliphatic heterocycles. The molecule has 2 atom stereocenters. The van der Waals surface area contributed by atoms with Crippen LogP contribution in [0.1, 0.15) is 47.1 Å². The number of aryl methyl sites for hydroxylation is 1. The van der Waals surface area contributed by atoms with Crippen molar-refractivity contribution in [2.75, 3.05) is 11.9 Å². The molecule has 3 amide bonds. The molecule has 0 spiro atoms. The number of hydrogen-bond donors (Lipinski definition) is 2. The molecule has 1 saturated heterocycles. The van der Waals surface area contributed by atoms with Crippen molar-refractivity contribution in [1.29, 1.82) is 0 Å². The third-order valence-corrected chi connectivity index (χ3v) is 5.08. The Morgan fingerprint density at radius 3 is 2.62 bits per heavy atom. The van der Waals surface area contributed by atoms with E-state index in [1.54, 1.807) is 24.8 Å². The second-order valence-electron chi connectivity index (χ2n) is 9.30. The lowest BCUT2D eigenvalue weighted by Crippen LogP contribution is -2.53. The number of hydrogen-bond acceptors (Lipinski definition) is 7. The van der Waals surface area contributed by atoms with Crippen LogP contribution in [-0.4, -0.2) is 57.2 Å². The number of nitrogens with one attached hydrogen (secondary N) is 2. The minimum absolute atomic E-state index is 0.193. The number of ether oxygens (including phenoxy) is 2. The maximum Gasteiger partial charge on any atom is 0.412 e. The zero-order valence-electron chi connectivity index (χ0n) is 19.6. The molecule has 0 radical (unpaired) electrons. The summed E-state index contributed by atoms with van der Waals surface area (Å²) in [4.78, 5) is 27.0. The minimum Gasteiger partial charge on any atom is -0.444 e. The highest BCUT2D eigenvalue weighted by Crippen LogP contribution is 2.33. The number of carbonyl (C=O) groups excluding carboxylic acids is 2. The summed E-state index contributed by atoms with van der Waals surface area (Å²) in [6.07, 6.45) is 0.472. The summed E-state index contributed by atoms with van der Waals surface area (Å²) in [5.41, 5.74) is 0.671. The number of rotatable bonds is 4. The molecule has 10 nitrogen and oxygen atoms in total. The summed E-state index contributed by atoms with van der Waals surface area (Å²) in [5, 5.41) is 13.2. The first-order valence-electron chi connectivity index (χ1n) is 10.5. The maximum absolute atomic E-state index is 12.8. The van der Waals surface area contributed by atoms with E-state index in [2.05, 4.69) is 20.8 Å². The second-order valence-corrected chi connectivity index (χ2v) is 9.30. The van der Waals surface area contributed by atoms with E-state index >= 15 is 0 Å². The van der Waals surface area contributed by atoms with Gasteiger partial charge in [0.25, 0.3) is 0 Å². The molecule has 1 aromatic carbocycles. The number of anilines is 1. The van der Waals surface area contributed by atoms with Crippen molar-refractivity contribution in [1.82, 2.24) is 20.4 Å². The average molecular weight is 446 g/mol. The SMILES string of the molecule is Cc1ccc(-c2nnco2)cc1NC(=O)NC[C@@H]1[C@@H](C)OC(C)(C)N1C(=O)OC(C)(C)C. The lowest BCUT2D eigenvalue weighted by Gasteiger charge is -2.35. The van der Waals surface area contributed by atoms with Gasteiger partial charge in [-0.2, -0.15) is 0 Å². The number of amides is 3. The molecule has 1 aliphatic rings. The van der Waals surface area contributed by atoms with E-state index in [-0.39, 0.29) is 12.6 Å². The van der Waals surface area contributed by atoms with Crippen molar-refractivity contribution in [2.24, 2.45) is 0 Å². The van der Waals surface area contributed by atoms with Gasteiger partial charge in [0.05, 0.1) is 12.1 Å². The van der Waals surface area contributed by atoms with E-state index in [1.807, 2.05) is 46.8 Å². The summed E-state index contributed by atoms with van der Waals surface area (Å²) in [7, 11) is 0. The second kappa shape index (κ2) is 8.78. The molecule has 0 aliphatic carbocycles. The summed E-state index contributed by atoms with van der Waals surface area (Å²) in [6, 6.07) is 4.66. The molecular formula is C22H31N5O5. The molecule has 0 unspecified atom stereocenters. The van der Waals surface area contributed by atoms with Crippen LogP contribution in [-0.2, 0) is 9.47 Å². The van der Waals surface area contributed by atoms with Crippen LogP contribution in [0.2, 0.25) is 0 Å². The molecule has 174 valence electrons. The van der Waals surface area contributed by atoms with Crippen molar-refractivity contribution in [3.05, 3.63) is 30.2 Å². The van der Waals surface area contributed by atoms with Gasteiger partial charge in [-0.05, 0) is 66.2 Å². The highest BCUT2D eigenvalue weighted by Gasteiger charge is 2.49. The van der Waals surface area contributed by atoms with E-state index in [0.717, 1.165) is 5.56 Å². The normalized spacial score (nSPS) is 20.2. The van der Waals surface area contributed by atoms with Crippen molar-refractivity contribution >= 4 is 17.8 Å². The van der Waals surface area contributed by atoms with E-state index in [0.29, 0.717) is 17.1 Å². The average Bonchev–Trinajstić information content (AvgIpc) is 3.26. The minimum atomic E-state index is -0.862. The fourth-order valence-electron chi connectivity index (χ4n) is 3.68. The van der Waals surface area contributed by atoms with Gasteiger partial charge in [-0.1, -0.05) is 6.07 Å². The Hall–Kier alpha value is -3.14. The summed E-state index contributed by atoms with van der Waals surface area (Å²) in [6.45, 7) is 13.0. The Bertz CT molecular complexity index is 968. The molecule has 3 rings (SSSR count). The Morgan fingerprint density at radius 2 is 2.00 bits per heavy atom. The van der Waals surface area contributed by atoms with Gasteiger partial charge in [0, 0.05) is 17.8 Å². The first kappa shape index (κ1) is 23.5. The topological polar surface area (TPSA) is 119 Å². The summed E-state index contributed by atoms with van der Waals surface area (Å²) < 4.78 is 16.7. The first-order chi connectivity index (χ1) is 14.9. The monoisotopic (exact) mass is 445 g/mol. The zero-order valence-corrected chi connectivity index (χ0v) is 19.6. The third kappa shape index (κ3) is 5.37. The molecule has 0 saturated carbocycles. The predicted molar refractivity (Wildman–Crippen MR) is 118 cm³/mol. The molecular weight excluding hydrogens is 414 g/mol. The van der Waals surface area contributed by atoms with Crippen LogP contribution >= 0.6 is 0 Å². The number of nitrogens with zero attached hydrogens (tertiary/aromatic N) is 3. The highest BCUT2D eigenvalue weighted by molar-refractivity contribution is 5.91. The predicted octanol–water partition coefficient (Wildman–Crippen LogP) is 3.93. The number of carbonyl (C=O) groups is 2. The molecule has 2 N–H and O–H groups in total. The van der Waals surface area contributed by atoms with Crippen LogP contribution in [0, 0.1) is 6.92 Å². The molecule has 2 aromatic rings. The van der Waals surface area contributed by atoms with Crippen molar-refractivity contribution < 1.29 is 23.5 Å². The van der Waals surface area contributed by atoms with E-state index in [1.165, 1.54) is 6.39 Å². The van der Waals surface area contributed by atoms with Gasteiger partial charge in [0.2, 0.25) is 12.3 Å². The van der Waals surface area contributed by atoms with Gasteiger partial charge >= 0.3 is 12.1 Å². The van der Waals surface area contributed by atoms with Crippen LogP contribution in [0.3, 0.4) is 0 Å². The molecule has 0 bridgehead atoms. The van der Waals surface area contributed by atoms with E-state index in [9.17, 15) is 9.59 Å². The Kier molecular flexibility index (Phi) is 6.45. The lowest BCUT2D eigenvalue weighted by atomic mass is 10.1. The van der Waals surface area contributed by atoms with Gasteiger partial charge in [-0.25, -0.2) is 9.59 Å². The fraction of sp³-hybridized carbons (Fsp3) is 0.545. The van der Waals surface area contributed by atoms with E-state index in [4.69, 9.17) is 13.9 Å². The highest BCUT2D eigenvalue weighted by atomic mass is 16.6. The Balaban J connectivity index is 1.68. The smallest absolute Gasteiger partial charge is 0.412 e. The van der Waals surface area contributed by atoms with Crippen LogP contribution in [0.5, 0.6) is 0 Å². The number of urea groups is 1. The molecule has 32 heavy (non-hydrogen) atoms. The molecule has 1 fully saturated rings. The fourth-order valence-corrected chi connectivity index (χ4v) is 3.68. The number of benzene rings is 1. The van der Waals surface area contributed by atoms with Crippen LogP contribution in [0.15, 0.2) is 29.0 Å². The van der Waals surface area contributed by atoms with Gasteiger partial charge in [0.15, 0.2) is 0 Å². The van der Waals surface area contributed by atoms with Crippen molar-refractivity contribution in [3.8, 4) is 11.5 Å². The Labute approximate surface area is 187 Å². The largest absolute Gasteiger partial charge is 0.444 e. The summed E-state index contributed by atoms with van der Waals surface area (Å²) >= 11 is 0. The van der Waals surface area contributed by atoms with E-state index < -0.39 is 29.5 Å². The zero-order chi connectivity index (χ0) is 23.7. The van der Waals surface area contributed by atoms with Gasteiger partial charge in [-0.15, -0.1) is 10.2 Å². The van der Waals surface area contributed by atoms with Gasteiger partial charge < -0.3 is 24.5 Å². The van der Waals surface area contributed by atoms with Crippen LogP contribution in [0.4, 0.5) is 15.3 Å².